The SMILES string of the molecule is CCN1CCCC1CNC(N)=NCc1ncccc1C. The lowest BCUT2D eigenvalue weighted by molar-refractivity contribution is 0.267. The molecule has 2 rings (SSSR count). The van der Waals surface area contributed by atoms with Crippen molar-refractivity contribution in [1.82, 2.24) is 15.2 Å². The van der Waals surface area contributed by atoms with Crippen LogP contribution in [-0.4, -0.2) is 41.5 Å². The van der Waals surface area contributed by atoms with Crippen LogP contribution in [0.4, 0.5) is 0 Å². The van der Waals surface area contributed by atoms with Gasteiger partial charge in [-0.3, -0.25) is 9.88 Å². The molecule has 0 amide bonds. The zero-order valence-electron chi connectivity index (χ0n) is 12.5. The van der Waals surface area contributed by atoms with Crippen LogP contribution >= 0.6 is 0 Å². The predicted octanol–water partition coefficient (Wildman–Crippen LogP) is 1.28. The molecule has 1 aromatic rings. The third kappa shape index (κ3) is 3.93. The number of aromatic nitrogens is 1. The fourth-order valence-corrected chi connectivity index (χ4v) is 2.66. The molecule has 0 bridgehead atoms. The van der Waals surface area contributed by atoms with Crippen LogP contribution in [0.3, 0.4) is 0 Å². The smallest absolute Gasteiger partial charge is 0.189 e. The third-order valence-corrected chi connectivity index (χ3v) is 3.94. The van der Waals surface area contributed by atoms with E-state index in [4.69, 9.17) is 5.73 Å². The van der Waals surface area contributed by atoms with E-state index < -0.39 is 0 Å². The summed E-state index contributed by atoms with van der Waals surface area (Å²) in [6.07, 6.45) is 4.32. The Bertz CT molecular complexity index is 457. The van der Waals surface area contributed by atoms with Crippen molar-refractivity contribution in [2.45, 2.75) is 39.3 Å². The van der Waals surface area contributed by atoms with Crippen LogP contribution in [0.1, 0.15) is 31.0 Å². The van der Waals surface area contributed by atoms with Gasteiger partial charge >= 0.3 is 0 Å². The first-order valence-electron chi connectivity index (χ1n) is 7.39. The summed E-state index contributed by atoms with van der Waals surface area (Å²) in [5, 5.41) is 3.24. The molecule has 1 aromatic heterocycles. The van der Waals surface area contributed by atoms with Crippen LogP contribution in [0.15, 0.2) is 23.3 Å². The number of aliphatic imine (C=N–C) groups is 1. The molecule has 1 saturated heterocycles. The molecule has 0 aliphatic carbocycles. The second-order valence-electron chi connectivity index (χ2n) is 5.27. The Morgan fingerprint density at radius 3 is 3.20 bits per heavy atom. The highest BCUT2D eigenvalue weighted by Gasteiger charge is 2.22. The average Bonchev–Trinajstić information content (AvgIpc) is 2.91. The molecule has 0 radical (unpaired) electrons. The Morgan fingerprint density at radius 1 is 1.60 bits per heavy atom. The number of pyridine rings is 1. The molecule has 0 saturated carbocycles. The Labute approximate surface area is 121 Å². The highest BCUT2D eigenvalue weighted by molar-refractivity contribution is 5.77. The first-order chi connectivity index (χ1) is 9.70. The number of aryl methyl sites for hydroxylation is 1. The molecule has 1 aliphatic heterocycles. The van der Waals surface area contributed by atoms with Crippen LogP contribution in [0.2, 0.25) is 0 Å². The summed E-state index contributed by atoms with van der Waals surface area (Å²) in [6, 6.07) is 4.56. The molecule has 0 aromatic carbocycles. The number of likely N-dealkylation sites (N-methyl/N-ethyl adjacent to an activating group) is 1. The van der Waals surface area contributed by atoms with Crippen molar-refractivity contribution in [3.8, 4) is 0 Å². The number of guanidine groups is 1. The zero-order chi connectivity index (χ0) is 14.4. The molecule has 110 valence electrons. The molecular formula is C15H25N5. The molecule has 1 unspecified atom stereocenters. The Balaban J connectivity index is 1.81. The number of hydrogen-bond donors (Lipinski definition) is 2. The monoisotopic (exact) mass is 275 g/mol. The van der Waals surface area contributed by atoms with Gasteiger partial charge in [0, 0.05) is 18.8 Å². The first-order valence-corrected chi connectivity index (χ1v) is 7.39. The molecule has 1 aliphatic rings. The summed E-state index contributed by atoms with van der Waals surface area (Å²) in [4.78, 5) is 11.2. The number of nitrogens with zero attached hydrogens (tertiary/aromatic N) is 3. The second kappa shape index (κ2) is 7.24. The molecule has 5 heteroatoms. The van der Waals surface area contributed by atoms with Crippen molar-refractivity contribution in [2.75, 3.05) is 19.6 Å². The van der Waals surface area contributed by atoms with E-state index in [-0.39, 0.29) is 0 Å². The zero-order valence-corrected chi connectivity index (χ0v) is 12.5. The Morgan fingerprint density at radius 2 is 2.45 bits per heavy atom. The lowest BCUT2D eigenvalue weighted by Gasteiger charge is -2.23. The maximum Gasteiger partial charge on any atom is 0.189 e. The van der Waals surface area contributed by atoms with Gasteiger partial charge in [0.1, 0.15) is 0 Å². The van der Waals surface area contributed by atoms with E-state index in [0.717, 1.165) is 24.3 Å². The summed E-state index contributed by atoms with van der Waals surface area (Å²) in [5.74, 6) is 0.512. The van der Waals surface area contributed by atoms with E-state index in [1.54, 1.807) is 6.20 Å². The standard InChI is InChI=1S/C15H25N5/c1-3-20-9-5-7-13(20)10-18-15(16)19-11-14-12(2)6-4-8-17-14/h4,6,8,13H,3,5,7,9-11H2,1-2H3,(H3,16,18,19). The highest BCUT2D eigenvalue weighted by atomic mass is 15.2. The predicted molar refractivity (Wildman–Crippen MR) is 82.6 cm³/mol. The first kappa shape index (κ1) is 14.8. The van der Waals surface area contributed by atoms with E-state index >= 15 is 0 Å². The normalized spacial score (nSPS) is 20.3. The van der Waals surface area contributed by atoms with E-state index in [1.807, 2.05) is 19.1 Å². The van der Waals surface area contributed by atoms with E-state index in [2.05, 4.69) is 27.1 Å². The fourth-order valence-electron chi connectivity index (χ4n) is 2.66. The molecular weight excluding hydrogens is 250 g/mol. The van der Waals surface area contributed by atoms with Crippen molar-refractivity contribution < 1.29 is 0 Å². The summed E-state index contributed by atoms with van der Waals surface area (Å²) in [7, 11) is 0. The third-order valence-electron chi connectivity index (χ3n) is 3.94. The van der Waals surface area contributed by atoms with Gasteiger partial charge in [0.2, 0.25) is 0 Å². The minimum absolute atomic E-state index is 0.512. The highest BCUT2D eigenvalue weighted by Crippen LogP contribution is 2.15. The van der Waals surface area contributed by atoms with Crippen LogP contribution in [0, 0.1) is 6.92 Å². The van der Waals surface area contributed by atoms with Crippen molar-refractivity contribution in [3.05, 3.63) is 29.6 Å². The van der Waals surface area contributed by atoms with Crippen LogP contribution in [0.25, 0.3) is 0 Å². The lowest BCUT2D eigenvalue weighted by Crippen LogP contribution is -2.42. The number of hydrogen-bond acceptors (Lipinski definition) is 3. The van der Waals surface area contributed by atoms with Gasteiger partial charge in [-0.1, -0.05) is 13.0 Å². The molecule has 5 nitrogen and oxygen atoms in total. The molecule has 1 atom stereocenters. The van der Waals surface area contributed by atoms with Crippen LogP contribution in [0.5, 0.6) is 0 Å². The van der Waals surface area contributed by atoms with Gasteiger partial charge in [0.15, 0.2) is 5.96 Å². The minimum Gasteiger partial charge on any atom is -0.370 e. The van der Waals surface area contributed by atoms with Crippen molar-refractivity contribution >= 4 is 5.96 Å². The molecule has 1 fully saturated rings. The molecule has 3 N–H and O–H groups in total. The Kier molecular flexibility index (Phi) is 5.35. The van der Waals surface area contributed by atoms with Gasteiger partial charge in [0.05, 0.1) is 12.2 Å². The van der Waals surface area contributed by atoms with Gasteiger partial charge < -0.3 is 11.1 Å². The van der Waals surface area contributed by atoms with Crippen LogP contribution < -0.4 is 11.1 Å². The quantitative estimate of drug-likeness (QED) is 0.627. The van der Waals surface area contributed by atoms with E-state index in [0.29, 0.717) is 18.5 Å². The van der Waals surface area contributed by atoms with Gasteiger partial charge in [0.25, 0.3) is 0 Å². The average molecular weight is 275 g/mol. The van der Waals surface area contributed by atoms with Crippen molar-refractivity contribution in [1.29, 1.82) is 0 Å². The molecule has 20 heavy (non-hydrogen) atoms. The van der Waals surface area contributed by atoms with Crippen molar-refractivity contribution in [2.24, 2.45) is 10.7 Å². The minimum atomic E-state index is 0.512. The number of likely N-dealkylation sites (tertiary alicyclic amines) is 1. The number of rotatable bonds is 5. The van der Waals surface area contributed by atoms with Gasteiger partial charge in [-0.15, -0.1) is 0 Å². The maximum absolute atomic E-state index is 5.93. The summed E-state index contributed by atoms with van der Waals surface area (Å²) >= 11 is 0. The van der Waals surface area contributed by atoms with Crippen molar-refractivity contribution in [3.63, 3.8) is 0 Å². The lowest BCUT2D eigenvalue weighted by atomic mass is 10.2. The number of nitrogens with two attached hydrogens (primary N) is 1. The largest absolute Gasteiger partial charge is 0.370 e. The Hall–Kier alpha value is -1.62. The molecule has 2 heterocycles. The molecule has 0 spiro atoms. The van der Waals surface area contributed by atoms with Gasteiger partial charge in [-0.2, -0.15) is 0 Å². The maximum atomic E-state index is 5.93. The summed E-state index contributed by atoms with van der Waals surface area (Å²) in [5.41, 5.74) is 8.06. The second-order valence-corrected chi connectivity index (χ2v) is 5.27. The van der Waals surface area contributed by atoms with Gasteiger partial charge in [-0.05, 0) is 44.5 Å². The van der Waals surface area contributed by atoms with E-state index in [1.165, 1.54) is 19.4 Å². The number of nitrogens with one attached hydrogen (secondary N) is 1. The summed E-state index contributed by atoms with van der Waals surface area (Å²) < 4.78 is 0. The fraction of sp³-hybridized carbons (Fsp3) is 0.600. The summed E-state index contributed by atoms with van der Waals surface area (Å²) in [6.45, 7) is 7.97. The van der Waals surface area contributed by atoms with Crippen LogP contribution in [-0.2, 0) is 6.54 Å². The van der Waals surface area contributed by atoms with Gasteiger partial charge in [-0.25, -0.2) is 4.99 Å². The van der Waals surface area contributed by atoms with E-state index in [9.17, 15) is 0 Å². The topological polar surface area (TPSA) is 66.5 Å².